The van der Waals surface area contributed by atoms with Crippen LogP contribution in [0.2, 0.25) is 0 Å². The number of alkyl halides is 1. The molecule has 1 rings (SSSR count). The van der Waals surface area contributed by atoms with E-state index in [0.717, 1.165) is 11.9 Å². The third-order valence-electron chi connectivity index (χ3n) is 3.56. The Labute approximate surface area is 126 Å². The van der Waals surface area contributed by atoms with Gasteiger partial charge in [-0.15, -0.1) is 0 Å². The summed E-state index contributed by atoms with van der Waals surface area (Å²) in [6, 6.07) is 10.5. The number of hydrogen-bond donors (Lipinski definition) is 0. The van der Waals surface area contributed by atoms with Gasteiger partial charge in [0.15, 0.2) is 0 Å². The van der Waals surface area contributed by atoms with Crippen LogP contribution < -0.4 is 0 Å². The van der Waals surface area contributed by atoms with E-state index >= 15 is 0 Å². The Morgan fingerprint density at radius 2 is 1.63 bits per heavy atom. The van der Waals surface area contributed by atoms with Gasteiger partial charge in [-0.1, -0.05) is 85.3 Å². The van der Waals surface area contributed by atoms with E-state index in [1.54, 1.807) is 0 Å². The van der Waals surface area contributed by atoms with Crippen molar-refractivity contribution >= 4 is 15.9 Å². The van der Waals surface area contributed by atoms with Gasteiger partial charge in [-0.3, -0.25) is 0 Å². The highest BCUT2D eigenvalue weighted by Crippen LogP contribution is 2.27. The molecule has 0 amide bonds. The van der Waals surface area contributed by atoms with Crippen molar-refractivity contribution in [1.29, 1.82) is 0 Å². The third kappa shape index (κ3) is 6.09. The minimum absolute atomic E-state index is 0.204. The number of ether oxygens (including phenoxy) is 1. The largest absolute Gasteiger partial charge is 0.370 e. The maximum atomic E-state index is 6.12. The van der Waals surface area contributed by atoms with Crippen molar-refractivity contribution < 1.29 is 4.74 Å². The summed E-state index contributed by atoms with van der Waals surface area (Å²) in [4.78, 5) is 0. The summed E-state index contributed by atoms with van der Waals surface area (Å²) >= 11 is 3.59. The van der Waals surface area contributed by atoms with Gasteiger partial charge < -0.3 is 4.74 Å². The van der Waals surface area contributed by atoms with Crippen LogP contribution >= 0.6 is 15.9 Å². The maximum Gasteiger partial charge on any atom is 0.0999 e. The molecule has 0 saturated carbocycles. The predicted molar refractivity (Wildman–Crippen MR) is 86.9 cm³/mol. The molecular weight excluding hydrogens is 300 g/mol. The van der Waals surface area contributed by atoms with E-state index in [-0.39, 0.29) is 5.60 Å². The van der Waals surface area contributed by atoms with Gasteiger partial charge in [0.25, 0.3) is 0 Å². The average Bonchev–Trinajstić information content (AvgIpc) is 2.47. The SMILES string of the molecule is CCCCCCCCOC(C)(CBr)c1ccccc1. The highest BCUT2D eigenvalue weighted by atomic mass is 79.9. The van der Waals surface area contributed by atoms with Crippen LogP contribution in [0.3, 0.4) is 0 Å². The predicted octanol–water partition coefficient (Wildman–Crippen LogP) is 5.67. The smallest absolute Gasteiger partial charge is 0.0999 e. The summed E-state index contributed by atoms with van der Waals surface area (Å²) in [5, 5.41) is 0.833. The summed E-state index contributed by atoms with van der Waals surface area (Å²) in [6.45, 7) is 5.27. The number of hydrogen-bond acceptors (Lipinski definition) is 1. The molecule has 0 N–H and O–H groups in total. The van der Waals surface area contributed by atoms with Crippen molar-refractivity contribution in [2.24, 2.45) is 0 Å². The minimum atomic E-state index is -0.204. The molecule has 0 radical (unpaired) electrons. The van der Waals surface area contributed by atoms with Crippen LogP contribution in [-0.4, -0.2) is 11.9 Å². The summed E-state index contributed by atoms with van der Waals surface area (Å²) < 4.78 is 6.12. The molecule has 1 atom stereocenters. The Morgan fingerprint density at radius 3 is 2.26 bits per heavy atom. The Kier molecular flexibility index (Phi) is 8.40. The third-order valence-corrected chi connectivity index (χ3v) is 4.63. The molecule has 0 saturated heterocycles. The zero-order valence-corrected chi connectivity index (χ0v) is 13.9. The highest BCUT2D eigenvalue weighted by molar-refractivity contribution is 9.09. The second-order valence-corrected chi connectivity index (χ2v) is 5.91. The zero-order valence-electron chi connectivity index (χ0n) is 12.3. The van der Waals surface area contributed by atoms with E-state index in [0.29, 0.717) is 0 Å². The molecule has 1 nitrogen and oxygen atoms in total. The maximum absolute atomic E-state index is 6.12. The van der Waals surface area contributed by atoms with E-state index in [1.165, 1.54) is 44.1 Å². The molecule has 1 aromatic carbocycles. The molecule has 0 heterocycles. The van der Waals surface area contributed by atoms with Crippen LogP contribution in [0.4, 0.5) is 0 Å². The molecule has 2 heteroatoms. The molecular formula is C17H27BrO. The lowest BCUT2D eigenvalue weighted by Gasteiger charge is -2.28. The van der Waals surface area contributed by atoms with Crippen LogP contribution in [-0.2, 0) is 10.3 Å². The topological polar surface area (TPSA) is 9.23 Å². The molecule has 1 unspecified atom stereocenters. The monoisotopic (exact) mass is 326 g/mol. The molecule has 0 spiro atoms. The average molecular weight is 327 g/mol. The lowest BCUT2D eigenvalue weighted by molar-refractivity contribution is -0.0186. The minimum Gasteiger partial charge on any atom is -0.370 e. The molecule has 0 aliphatic heterocycles. The first kappa shape index (κ1) is 16.7. The van der Waals surface area contributed by atoms with E-state index in [1.807, 2.05) is 6.07 Å². The first-order chi connectivity index (χ1) is 9.23. The first-order valence-electron chi connectivity index (χ1n) is 7.48. The summed E-state index contributed by atoms with van der Waals surface area (Å²) in [5.74, 6) is 0. The lowest BCUT2D eigenvalue weighted by atomic mass is 9.98. The number of rotatable bonds is 10. The Morgan fingerprint density at radius 1 is 1.00 bits per heavy atom. The summed E-state index contributed by atoms with van der Waals surface area (Å²) in [6.07, 6.45) is 7.83. The fourth-order valence-electron chi connectivity index (χ4n) is 2.17. The van der Waals surface area contributed by atoms with Gasteiger partial charge >= 0.3 is 0 Å². The molecule has 0 aliphatic rings. The lowest BCUT2D eigenvalue weighted by Crippen LogP contribution is -2.28. The van der Waals surface area contributed by atoms with Gasteiger partial charge in [0.2, 0.25) is 0 Å². The molecule has 1 aromatic rings. The summed E-state index contributed by atoms with van der Waals surface area (Å²) in [7, 11) is 0. The van der Waals surface area contributed by atoms with Crippen molar-refractivity contribution in [2.75, 3.05) is 11.9 Å². The molecule has 0 aromatic heterocycles. The Bertz CT molecular complexity index is 325. The van der Waals surface area contributed by atoms with Gasteiger partial charge in [0.1, 0.15) is 0 Å². The zero-order chi connectivity index (χ0) is 14.0. The fraction of sp³-hybridized carbons (Fsp3) is 0.647. The normalized spacial score (nSPS) is 14.3. The van der Waals surface area contributed by atoms with Crippen molar-refractivity contribution in [3.63, 3.8) is 0 Å². The summed E-state index contributed by atoms with van der Waals surface area (Å²) in [5.41, 5.74) is 1.04. The van der Waals surface area contributed by atoms with Crippen LogP contribution in [0, 0.1) is 0 Å². The van der Waals surface area contributed by atoms with E-state index in [2.05, 4.69) is 54.0 Å². The molecule has 0 aliphatic carbocycles. The molecule has 108 valence electrons. The number of unbranched alkanes of at least 4 members (excludes halogenated alkanes) is 5. The van der Waals surface area contributed by atoms with E-state index in [4.69, 9.17) is 4.74 Å². The molecule has 0 fully saturated rings. The van der Waals surface area contributed by atoms with Crippen LogP contribution in [0.15, 0.2) is 30.3 Å². The van der Waals surface area contributed by atoms with Gasteiger partial charge in [0.05, 0.1) is 5.60 Å². The number of halogens is 1. The highest BCUT2D eigenvalue weighted by Gasteiger charge is 2.25. The Balaban J connectivity index is 2.29. The van der Waals surface area contributed by atoms with E-state index in [9.17, 15) is 0 Å². The fourth-order valence-corrected chi connectivity index (χ4v) is 2.66. The van der Waals surface area contributed by atoms with Crippen LogP contribution in [0.25, 0.3) is 0 Å². The Hall–Kier alpha value is -0.340. The van der Waals surface area contributed by atoms with E-state index < -0.39 is 0 Å². The first-order valence-corrected chi connectivity index (χ1v) is 8.60. The second-order valence-electron chi connectivity index (χ2n) is 5.35. The number of benzene rings is 1. The van der Waals surface area contributed by atoms with Crippen LogP contribution in [0.1, 0.15) is 57.9 Å². The van der Waals surface area contributed by atoms with Crippen molar-refractivity contribution in [3.8, 4) is 0 Å². The van der Waals surface area contributed by atoms with Crippen molar-refractivity contribution in [3.05, 3.63) is 35.9 Å². The quantitative estimate of drug-likeness (QED) is 0.397. The van der Waals surface area contributed by atoms with Crippen molar-refractivity contribution in [2.45, 2.75) is 58.0 Å². The molecule has 19 heavy (non-hydrogen) atoms. The standard InChI is InChI=1S/C17H27BrO/c1-3-4-5-6-7-11-14-19-17(2,15-18)16-12-9-8-10-13-16/h8-10,12-13H,3-7,11,14-15H2,1-2H3. The second kappa shape index (κ2) is 9.55. The van der Waals surface area contributed by atoms with Gasteiger partial charge in [0, 0.05) is 11.9 Å². The van der Waals surface area contributed by atoms with Gasteiger partial charge in [-0.05, 0) is 18.9 Å². The van der Waals surface area contributed by atoms with Crippen molar-refractivity contribution in [1.82, 2.24) is 0 Å². The van der Waals surface area contributed by atoms with Crippen LogP contribution in [0.5, 0.6) is 0 Å². The van der Waals surface area contributed by atoms with Gasteiger partial charge in [-0.2, -0.15) is 0 Å². The van der Waals surface area contributed by atoms with Gasteiger partial charge in [-0.25, -0.2) is 0 Å². The molecule has 0 bridgehead atoms.